The van der Waals surface area contributed by atoms with Gasteiger partial charge in [0.05, 0.1) is 12.0 Å². The van der Waals surface area contributed by atoms with Gasteiger partial charge < -0.3 is 9.36 Å². The number of aromatic nitrogens is 3. The Labute approximate surface area is 152 Å². The normalized spacial score (nSPS) is 24.9. The van der Waals surface area contributed by atoms with Crippen LogP contribution in [0.25, 0.3) is 0 Å². The molecule has 5 heteroatoms. The number of carbonyl (C=O) groups is 1. The standard InChI is InChI=1S/C20H21N3OS/c1-13-3-8-18(21-10-13)25-20-19(22-12-23(20)2)15-6-4-14(5-7-15)17-9-16(17)11-24/h3-6,8,10-12,15-17H,7,9H2,1-2H3. The first kappa shape index (κ1) is 16.3. The molecule has 0 radical (unpaired) electrons. The van der Waals surface area contributed by atoms with E-state index in [-0.39, 0.29) is 11.8 Å². The topological polar surface area (TPSA) is 47.8 Å². The molecule has 1 fully saturated rings. The maximum absolute atomic E-state index is 10.9. The number of rotatable bonds is 5. The molecule has 0 aliphatic heterocycles. The second-order valence-electron chi connectivity index (χ2n) is 6.87. The molecule has 0 aromatic carbocycles. The fourth-order valence-corrected chi connectivity index (χ4v) is 4.23. The molecule has 128 valence electrons. The Morgan fingerprint density at radius 3 is 2.84 bits per heavy atom. The summed E-state index contributed by atoms with van der Waals surface area (Å²) in [4.78, 5) is 20.0. The largest absolute Gasteiger partial charge is 0.328 e. The smallest absolute Gasteiger partial charge is 0.123 e. The van der Waals surface area contributed by atoms with Crippen molar-refractivity contribution >= 4 is 18.0 Å². The number of hydrogen-bond donors (Lipinski definition) is 0. The Balaban J connectivity index is 1.51. The quantitative estimate of drug-likeness (QED) is 0.762. The van der Waals surface area contributed by atoms with Crippen molar-refractivity contribution in [3.63, 3.8) is 0 Å². The molecule has 3 unspecified atom stereocenters. The van der Waals surface area contributed by atoms with Gasteiger partial charge in [-0.25, -0.2) is 9.97 Å². The third kappa shape index (κ3) is 3.33. The van der Waals surface area contributed by atoms with Gasteiger partial charge in [0.15, 0.2) is 0 Å². The fraction of sp³-hybridized carbons (Fsp3) is 0.350. The Hall–Kier alpha value is -2.14. The van der Waals surface area contributed by atoms with Crippen molar-refractivity contribution in [2.75, 3.05) is 0 Å². The summed E-state index contributed by atoms with van der Waals surface area (Å²) in [5, 5.41) is 2.12. The zero-order valence-corrected chi connectivity index (χ0v) is 15.2. The lowest BCUT2D eigenvalue weighted by Crippen LogP contribution is -2.03. The van der Waals surface area contributed by atoms with Gasteiger partial charge in [0.1, 0.15) is 16.3 Å². The molecule has 0 N–H and O–H groups in total. The first-order valence-electron chi connectivity index (χ1n) is 8.61. The van der Waals surface area contributed by atoms with E-state index in [4.69, 9.17) is 0 Å². The highest BCUT2D eigenvalue weighted by Gasteiger charge is 2.39. The molecule has 0 saturated heterocycles. The van der Waals surface area contributed by atoms with Crippen molar-refractivity contribution in [2.24, 2.45) is 18.9 Å². The summed E-state index contributed by atoms with van der Waals surface area (Å²) in [6.07, 6.45) is 13.5. The van der Waals surface area contributed by atoms with Gasteiger partial charge in [0, 0.05) is 25.1 Å². The molecule has 4 rings (SSSR count). The molecule has 0 spiro atoms. The Bertz CT molecular complexity index is 850. The number of nitrogens with zero attached hydrogens (tertiary/aromatic N) is 3. The van der Waals surface area contributed by atoms with E-state index in [2.05, 4.69) is 44.9 Å². The molecule has 4 nitrogen and oxygen atoms in total. The maximum atomic E-state index is 10.9. The van der Waals surface area contributed by atoms with Crippen LogP contribution in [0.5, 0.6) is 0 Å². The highest BCUT2D eigenvalue weighted by molar-refractivity contribution is 7.99. The average Bonchev–Trinajstić information content (AvgIpc) is 3.35. The molecular formula is C20H21N3OS. The number of pyridine rings is 1. The summed E-state index contributed by atoms with van der Waals surface area (Å²) >= 11 is 1.66. The lowest BCUT2D eigenvalue weighted by Gasteiger charge is -2.16. The second-order valence-corrected chi connectivity index (χ2v) is 7.88. The molecule has 2 aliphatic carbocycles. The van der Waals surface area contributed by atoms with Crippen LogP contribution in [0.2, 0.25) is 0 Å². The van der Waals surface area contributed by atoms with Crippen LogP contribution >= 0.6 is 11.8 Å². The summed E-state index contributed by atoms with van der Waals surface area (Å²) in [5.74, 6) is 0.969. The van der Waals surface area contributed by atoms with E-state index in [1.165, 1.54) is 5.57 Å². The van der Waals surface area contributed by atoms with Crippen LogP contribution in [0.4, 0.5) is 0 Å². The summed E-state index contributed by atoms with van der Waals surface area (Å²) in [5.41, 5.74) is 3.58. The van der Waals surface area contributed by atoms with Crippen molar-refractivity contribution in [2.45, 2.75) is 35.7 Å². The van der Waals surface area contributed by atoms with Gasteiger partial charge >= 0.3 is 0 Å². The lowest BCUT2D eigenvalue weighted by molar-refractivity contribution is -0.109. The molecule has 3 atom stereocenters. The van der Waals surface area contributed by atoms with E-state index in [9.17, 15) is 4.79 Å². The van der Waals surface area contributed by atoms with Gasteiger partial charge in [-0.3, -0.25) is 0 Å². The van der Waals surface area contributed by atoms with Crippen LogP contribution in [0, 0.1) is 18.8 Å². The zero-order chi connectivity index (χ0) is 17.4. The zero-order valence-electron chi connectivity index (χ0n) is 14.4. The minimum absolute atomic E-state index is 0.237. The molecule has 25 heavy (non-hydrogen) atoms. The van der Waals surface area contributed by atoms with Crippen LogP contribution in [0.3, 0.4) is 0 Å². The van der Waals surface area contributed by atoms with Gasteiger partial charge in [-0.1, -0.05) is 36.1 Å². The van der Waals surface area contributed by atoms with E-state index in [1.807, 2.05) is 26.5 Å². The first-order chi connectivity index (χ1) is 12.2. The molecule has 2 aliphatic rings. The van der Waals surface area contributed by atoms with E-state index >= 15 is 0 Å². The van der Waals surface area contributed by atoms with Gasteiger partial charge in [0.2, 0.25) is 0 Å². The second kappa shape index (κ2) is 6.64. The van der Waals surface area contributed by atoms with Gasteiger partial charge in [0.25, 0.3) is 0 Å². The van der Waals surface area contributed by atoms with Crippen molar-refractivity contribution in [3.05, 3.63) is 59.7 Å². The number of aryl methyl sites for hydroxylation is 2. The first-order valence-corrected chi connectivity index (χ1v) is 9.42. The molecule has 0 bridgehead atoms. The van der Waals surface area contributed by atoms with Crippen molar-refractivity contribution in [3.8, 4) is 0 Å². The highest BCUT2D eigenvalue weighted by atomic mass is 32.2. The molecule has 2 heterocycles. The van der Waals surface area contributed by atoms with Crippen LogP contribution in [0.1, 0.15) is 30.0 Å². The number of allylic oxidation sites excluding steroid dienone is 4. The third-order valence-electron chi connectivity index (χ3n) is 4.92. The maximum Gasteiger partial charge on any atom is 0.123 e. The van der Waals surface area contributed by atoms with Crippen molar-refractivity contribution < 1.29 is 4.79 Å². The summed E-state index contributed by atoms with van der Waals surface area (Å²) in [6, 6.07) is 4.14. The molecule has 1 saturated carbocycles. The van der Waals surface area contributed by atoms with E-state index in [1.54, 1.807) is 11.8 Å². The minimum Gasteiger partial charge on any atom is -0.328 e. The number of aldehydes is 1. The van der Waals surface area contributed by atoms with Gasteiger partial charge in [-0.05, 0) is 42.9 Å². The van der Waals surface area contributed by atoms with E-state index in [0.29, 0.717) is 5.92 Å². The fourth-order valence-electron chi connectivity index (χ4n) is 3.29. The summed E-state index contributed by atoms with van der Waals surface area (Å²) in [6.45, 7) is 2.04. The Morgan fingerprint density at radius 2 is 2.20 bits per heavy atom. The van der Waals surface area contributed by atoms with Gasteiger partial charge in [-0.15, -0.1) is 0 Å². The molecule has 2 aromatic rings. The van der Waals surface area contributed by atoms with Crippen molar-refractivity contribution in [1.29, 1.82) is 0 Å². The van der Waals surface area contributed by atoms with Crippen LogP contribution < -0.4 is 0 Å². The van der Waals surface area contributed by atoms with Crippen LogP contribution in [0.15, 0.2) is 58.5 Å². The van der Waals surface area contributed by atoms with Crippen LogP contribution in [-0.4, -0.2) is 20.8 Å². The predicted octanol–water partition coefficient (Wildman–Crippen LogP) is 4.08. The number of imidazole rings is 1. The monoisotopic (exact) mass is 351 g/mol. The Morgan fingerprint density at radius 1 is 1.32 bits per heavy atom. The molecule has 2 aromatic heterocycles. The summed E-state index contributed by atoms with van der Waals surface area (Å²) in [7, 11) is 2.03. The number of hydrogen-bond acceptors (Lipinski definition) is 4. The molecular weight excluding hydrogens is 330 g/mol. The highest BCUT2D eigenvalue weighted by Crippen LogP contribution is 2.45. The summed E-state index contributed by atoms with van der Waals surface area (Å²) < 4.78 is 2.07. The number of carbonyl (C=O) groups excluding carboxylic acids is 1. The Kier molecular flexibility index (Phi) is 4.34. The third-order valence-corrected chi connectivity index (χ3v) is 6.06. The van der Waals surface area contributed by atoms with E-state index in [0.717, 1.165) is 40.4 Å². The minimum atomic E-state index is 0.237. The molecule has 0 amide bonds. The van der Waals surface area contributed by atoms with Gasteiger partial charge in [-0.2, -0.15) is 0 Å². The van der Waals surface area contributed by atoms with Crippen molar-refractivity contribution in [1.82, 2.24) is 14.5 Å². The lowest BCUT2D eigenvalue weighted by atomic mass is 9.92. The SMILES string of the molecule is Cc1ccc(Sc2c(C3C=CC(C4CC4C=O)=CC3)ncn2C)nc1. The average molecular weight is 351 g/mol. The van der Waals surface area contributed by atoms with Crippen LogP contribution in [-0.2, 0) is 11.8 Å². The van der Waals surface area contributed by atoms with E-state index < -0.39 is 0 Å². The predicted molar refractivity (Wildman–Crippen MR) is 98.5 cm³/mol.